The van der Waals surface area contributed by atoms with Crippen LogP contribution < -0.4 is 5.32 Å². The molecule has 0 radical (unpaired) electrons. The highest BCUT2D eigenvalue weighted by atomic mass is 32.2. The number of aromatic nitrogens is 3. The topological polar surface area (TPSA) is 120 Å². The van der Waals surface area contributed by atoms with E-state index in [1.54, 1.807) is 53.8 Å². The van der Waals surface area contributed by atoms with Crippen LogP contribution in [-0.2, 0) is 16.4 Å². The van der Waals surface area contributed by atoms with Gasteiger partial charge in [0.1, 0.15) is 5.25 Å². The predicted octanol–water partition coefficient (Wildman–Crippen LogP) is 1.87. The molecular weight excluding hydrogens is 404 g/mol. The van der Waals surface area contributed by atoms with Gasteiger partial charge in [-0.1, -0.05) is 12.1 Å². The van der Waals surface area contributed by atoms with E-state index in [9.17, 15) is 13.2 Å². The number of hydrogen-bond acceptors (Lipinski definition) is 7. The van der Waals surface area contributed by atoms with Gasteiger partial charge in [-0.2, -0.15) is 10.2 Å². The Bertz CT molecular complexity index is 1220. The molecular formula is C20H20N6O3S. The Hall–Kier alpha value is -3.53. The van der Waals surface area contributed by atoms with Gasteiger partial charge in [0, 0.05) is 37.1 Å². The van der Waals surface area contributed by atoms with Crippen LogP contribution in [0.1, 0.15) is 22.8 Å². The van der Waals surface area contributed by atoms with Crippen molar-refractivity contribution in [2.45, 2.75) is 23.6 Å². The number of rotatable bonds is 6. The van der Waals surface area contributed by atoms with E-state index >= 15 is 0 Å². The first-order chi connectivity index (χ1) is 14.5. The van der Waals surface area contributed by atoms with Gasteiger partial charge in [0.2, 0.25) is 0 Å². The number of carbonyl (C=O) groups excluding carboxylic acids is 1. The predicted molar refractivity (Wildman–Crippen MR) is 112 cm³/mol. The summed E-state index contributed by atoms with van der Waals surface area (Å²) < 4.78 is 25.6. The van der Waals surface area contributed by atoms with Crippen molar-refractivity contribution in [1.82, 2.24) is 25.5 Å². The lowest BCUT2D eigenvalue weighted by Crippen LogP contribution is -2.26. The Morgan fingerprint density at radius 3 is 2.73 bits per heavy atom. The SMILES string of the molecule is CCN1C=CC(S(=O)(=O)c2ccc(CNC(=O)c3cnc4[nH]ncc4c3)cc2)C=N1. The van der Waals surface area contributed by atoms with E-state index in [2.05, 4.69) is 25.6 Å². The third kappa shape index (κ3) is 3.94. The van der Waals surface area contributed by atoms with Crippen LogP contribution in [0.4, 0.5) is 0 Å². The molecule has 0 aliphatic carbocycles. The summed E-state index contributed by atoms with van der Waals surface area (Å²) in [6.45, 7) is 2.87. The number of hydrazone groups is 1. The van der Waals surface area contributed by atoms with Crippen molar-refractivity contribution in [2.75, 3.05) is 6.54 Å². The molecule has 0 saturated heterocycles. The molecule has 3 heterocycles. The number of pyridine rings is 1. The summed E-state index contributed by atoms with van der Waals surface area (Å²) in [5.74, 6) is -0.272. The smallest absolute Gasteiger partial charge is 0.253 e. The lowest BCUT2D eigenvalue weighted by molar-refractivity contribution is 0.0950. The maximum absolute atomic E-state index is 12.8. The van der Waals surface area contributed by atoms with Gasteiger partial charge in [-0.05, 0) is 36.8 Å². The van der Waals surface area contributed by atoms with Crippen molar-refractivity contribution in [3.8, 4) is 0 Å². The highest BCUT2D eigenvalue weighted by molar-refractivity contribution is 7.93. The van der Waals surface area contributed by atoms with Gasteiger partial charge in [0.25, 0.3) is 5.91 Å². The van der Waals surface area contributed by atoms with E-state index in [0.29, 0.717) is 17.8 Å². The Labute approximate surface area is 173 Å². The molecule has 1 aromatic carbocycles. The highest BCUT2D eigenvalue weighted by Gasteiger charge is 2.25. The fourth-order valence-corrected chi connectivity index (χ4v) is 4.32. The second kappa shape index (κ2) is 8.07. The van der Waals surface area contributed by atoms with E-state index in [4.69, 9.17) is 0 Å². The number of hydrogen-bond donors (Lipinski definition) is 2. The standard InChI is InChI=1S/C20H20N6O3S/c1-2-26-8-7-18(13-24-26)30(28,29)17-5-3-14(4-6-17)10-22-20(27)16-9-15-12-23-25-19(15)21-11-16/h3-9,11-13,18H,2,10H2,1H3,(H,22,27)(H,21,23,25). The van der Waals surface area contributed by atoms with Crippen molar-refractivity contribution in [3.05, 3.63) is 66.1 Å². The molecule has 2 aromatic heterocycles. The number of H-pyrrole nitrogens is 1. The minimum absolute atomic E-state index is 0.207. The monoisotopic (exact) mass is 424 g/mol. The zero-order chi connectivity index (χ0) is 21.1. The molecule has 1 atom stereocenters. The second-order valence-corrected chi connectivity index (χ2v) is 8.84. The van der Waals surface area contributed by atoms with Gasteiger partial charge in [0.05, 0.1) is 16.7 Å². The van der Waals surface area contributed by atoms with Gasteiger partial charge in [0.15, 0.2) is 15.5 Å². The summed E-state index contributed by atoms with van der Waals surface area (Å²) in [6.07, 6.45) is 7.79. The van der Waals surface area contributed by atoms with Crippen molar-refractivity contribution < 1.29 is 13.2 Å². The lowest BCUT2D eigenvalue weighted by Gasteiger charge is -2.19. The molecule has 1 unspecified atom stereocenters. The molecule has 2 N–H and O–H groups in total. The minimum atomic E-state index is -3.57. The number of fused-ring (bicyclic) bond motifs is 1. The van der Waals surface area contributed by atoms with Crippen molar-refractivity contribution in [1.29, 1.82) is 0 Å². The number of carbonyl (C=O) groups is 1. The fraction of sp³-hybridized carbons (Fsp3) is 0.200. The average molecular weight is 424 g/mol. The number of aromatic amines is 1. The normalized spacial score (nSPS) is 16.2. The summed E-state index contributed by atoms with van der Waals surface area (Å²) in [5.41, 5.74) is 1.82. The second-order valence-electron chi connectivity index (χ2n) is 6.73. The molecule has 3 aromatic rings. The summed E-state index contributed by atoms with van der Waals surface area (Å²) >= 11 is 0. The van der Waals surface area contributed by atoms with Crippen molar-refractivity contribution in [3.63, 3.8) is 0 Å². The highest BCUT2D eigenvalue weighted by Crippen LogP contribution is 2.19. The molecule has 1 aliphatic rings. The Balaban J connectivity index is 1.41. The molecule has 0 fully saturated rings. The molecule has 30 heavy (non-hydrogen) atoms. The molecule has 0 bridgehead atoms. The van der Waals surface area contributed by atoms with Gasteiger partial charge in [-0.15, -0.1) is 0 Å². The van der Waals surface area contributed by atoms with Gasteiger partial charge < -0.3 is 5.32 Å². The first-order valence-corrected chi connectivity index (χ1v) is 10.9. The lowest BCUT2D eigenvalue weighted by atomic mass is 10.2. The molecule has 4 rings (SSSR count). The molecule has 1 amide bonds. The maximum atomic E-state index is 12.8. The average Bonchev–Trinajstić information content (AvgIpc) is 3.25. The Morgan fingerprint density at radius 2 is 2.03 bits per heavy atom. The first-order valence-electron chi connectivity index (χ1n) is 9.36. The van der Waals surface area contributed by atoms with Crippen LogP contribution in [0.5, 0.6) is 0 Å². The molecule has 0 saturated carbocycles. The Morgan fingerprint density at radius 1 is 1.23 bits per heavy atom. The Kier molecular flexibility index (Phi) is 5.32. The van der Waals surface area contributed by atoms with Gasteiger partial charge in [-0.3, -0.25) is 14.9 Å². The van der Waals surface area contributed by atoms with Crippen LogP contribution in [0.2, 0.25) is 0 Å². The van der Waals surface area contributed by atoms with E-state index in [1.165, 1.54) is 12.4 Å². The van der Waals surface area contributed by atoms with Crippen LogP contribution in [0.3, 0.4) is 0 Å². The summed E-state index contributed by atoms with van der Waals surface area (Å²) in [5, 5.41) is 15.2. The number of amides is 1. The van der Waals surface area contributed by atoms with E-state index < -0.39 is 15.1 Å². The van der Waals surface area contributed by atoms with Crippen molar-refractivity contribution in [2.24, 2.45) is 5.10 Å². The summed E-state index contributed by atoms with van der Waals surface area (Å²) in [6, 6.07) is 8.17. The third-order valence-electron chi connectivity index (χ3n) is 4.75. The molecule has 154 valence electrons. The number of nitrogens with zero attached hydrogens (tertiary/aromatic N) is 4. The molecule has 0 spiro atoms. The molecule has 10 heteroatoms. The van der Waals surface area contributed by atoms with Crippen molar-refractivity contribution >= 4 is 33.0 Å². The van der Waals surface area contributed by atoms with Crippen LogP contribution in [-0.4, -0.2) is 52.5 Å². The largest absolute Gasteiger partial charge is 0.348 e. The van der Waals surface area contributed by atoms with E-state index in [-0.39, 0.29) is 17.3 Å². The summed E-state index contributed by atoms with van der Waals surface area (Å²) in [7, 11) is -3.57. The summed E-state index contributed by atoms with van der Waals surface area (Å²) in [4.78, 5) is 16.7. The number of benzene rings is 1. The van der Waals surface area contributed by atoms with Crippen LogP contribution >= 0.6 is 0 Å². The first kappa shape index (κ1) is 19.8. The number of nitrogens with one attached hydrogen (secondary N) is 2. The third-order valence-corrected chi connectivity index (χ3v) is 6.68. The fourth-order valence-electron chi connectivity index (χ4n) is 2.99. The molecule has 9 nitrogen and oxygen atoms in total. The minimum Gasteiger partial charge on any atom is -0.348 e. The van der Waals surface area contributed by atoms with Crippen LogP contribution in [0.15, 0.2) is 65.0 Å². The zero-order valence-corrected chi connectivity index (χ0v) is 17.0. The van der Waals surface area contributed by atoms with E-state index in [0.717, 1.165) is 10.9 Å². The van der Waals surface area contributed by atoms with Crippen LogP contribution in [0, 0.1) is 0 Å². The molecule has 1 aliphatic heterocycles. The quantitative estimate of drug-likeness (QED) is 0.623. The van der Waals surface area contributed by atoms with E-state index in [1.807, 2.05) is 6.92 Å². The van der Waals surface area contributed by atoms with Gasteiger partial charge >= 0.3 is 0 Å². The van der Waals surface area contributed by atoms with Crippen LogP contribution in [0.25, 0.3) is 11.0 Å². The zero-order valence-electron chi connectivity index (χ0n) is 16.2. The number of sulfone groups is 1. The maximum Gasteiger partial charge on any atom is 0.253 e. The van der Waals surface area contributed by atoms with Gasteiger partial charge in [-0.25, -0.2) is 13.4 Å².